The highest BCUT2D eigenvalue weighted by molar-refractivity contribution is 6.09. The maximum Gasteiger partial charge on any atom is 0.137 e. The minimum absolute atomic E-state index is 0.864. The van der Waals surface area contributed by atoms with Crippen molar-refractivity contribution < 1.29 is 4.42 Å². The molecule has 0 unspecified atom stereocenters. The van der Waals surface area contributed by atoms with Gasteiger partial charge in [-0.15, -0.1) is 0 Å². The van der Waals surface area contributed by atoms with Gasteiger partial charge < -0.3 is 13.9 Å². The van der Waals surface area contributed by atoms with Gasteiger partial charge in [-0.25, -0.2) is 0 Å². The molecular formula is C64H42N2O. The van der Waals surface area contributed by atoms with Crippen molar-refractivity contribution in [2.75, 3.05) is 4.90 Å². The maximum atomic E-state index is 6.41. The highest BCUT2D eigenvalue weighted by atomic mass is 16.3. The van der Waals surface area contributed by atoms with Crippen LogP contribution in [-0.2, 0) is 0 Å². The van der Waals surface area contributed by atoms with E-state index in [0.717, 1.165) is 55.8 Å². The molecule has 3 heteroatoms. The molecule has 3 nitrogen and oxygen atoms in total. The summed E-state index contributed by atoms with van der Waals surface area (Å²) in [5.74, 6) is 0. The molecule has 0 N–H and O–H groups in total. The molecule has 2 heterocycles. The quantitative estimate of drug-likeness (QED) is 0.152. The fourth-order valence-electron chi connectivity index (χ4n) is 10.0. The Hall–Kier alpha value is -8.92. The van der Waals surface area contributed by atoms with Crippen molar-refractivity contribution in [2.45, 2.75) is 0 Å². The number of aromatic nitrogens is 1. The number of furan rings is 1. The van der Waals surface area contributed by atoms with E-state index in [1.807, 2.05) is 12.1 Å². The number of benzene rings is 11. The van der Waals surface area contributed by atoms with Gasteiger partial charge in [0.2, 0.25) is 0 Å². The van der Waals surface area contributed by atoms with Gasteiger partial charge in [0, 0.05) is 50.4 Å². The molecule has 0 saturated carbocycles. The molecular weight excluding hydrogens is 813 g/mol. The smallest absolute Gasteiger partial charge is 0.137 e. The van der Waals surface area contributed by atoms with Crippen molar-refractivity contribution in [1.29, 1.82) is 0 Å². The highest BCUT2D eigenvalue weighted by Gasteiger charge is 2.17. The van der Waals surface area contributed by atoms with Gasteiger partial charge in [-0.2, -0.15) is 0 Å². The van der Waals surface area contributed by atoms with Crippen LogP contribution in [0.3, 0.4) is 0 Å². The van der Waals surface area contributed by atoms with Crippen molar-refractivity contribution in [3.63, 3.8) is 0 Å². The summed E-state index contributed by atoms with van der Waals surface area (Å²) in [5, 5.41) is 7.26. The number of nitrogens with zero attached hydrogens (tertiary/aromatic N) is 2. The molecule has 0 spiro atoms. The van der Waals surface area contributed by atoms with Gasteiger partial charge in [0.15, 0.2) is 0 Å². The summed E-state index contributed by atoms with van der Waals surface area (Å²) in [6, 6.07) is 91.9. The first-order valence-corrected chi connectivity index (χ1v) is 22.9. The van der Waals surface area contributed by atoms with Crippen LogP contribution in [0.4, 0.5) is 17.1 Å². The Labute approximate surface area is 388 Å². The first-order chi connectivity index (χ1) is 33.2. The standard InChI is InChI=1S/C64H42N2O/c1-2-12-48-40-52(28-27-43(48)11-1)50-14-9-13-49(39-50)47-31-35-54(36-32-47)65(56-37-38-60-59-19-5-8-22-63(59)67-64(60)42-56)53-33-29-45(30-34-53)44-23-25-46(26-24-44)51-15-10-16-55(41-51)66-61-20-6-3-17-57(61)58-18-4-7-21-62(58)66/h1-42H. The molecule has 0 radical (unpaired) electrons. The minimum Gasteiger partial charge on any atom is -0.456 e. The zero-order chi connectivity index (χ0) is 44.3. The average molecular weight is 855 g/mol. The molecule has 0 aliphatic carbocycles. The lowest BCUT2D eigenvalue weighted by molar-refractivity contribution is 0.669. The highest BCUT2D eigenvalue weighted by Crippen LogP contribution is 2.41. The van der Waals surface area contributed by atoms with E-state index in [1.165, 1.54) is 66.0 Å². The molecule has 13 aromatic rings. The van der Waals surface area contributed by atoms with Crippen LogP contribution in [0.25, 0.3) is 105 Å². The Morgan fingerprint density at radius 1 is 0.269 bits per heavy atom. The van der Waals surface area contributed by atoms with Gasteiger partial charge in [-0.3, -0.25) is 0 Å². The second-order valence-electron chi connectivity index (χ2n) is 17.3. The van der Waals surface area contributed by atoms with E-state index in [0.29, 0.717) is 0 Å². The zero-order valence-electron chi connectivity index (χ0n) is 36.6. The molecule has 314 valence electrons. The predicted molar refractivity (Wildman–Crippen MR) is 282 cm³/mol. The van der Waals surface area contributed by atoms with Gasteiger partial charge in [-0.1, -0.05) is 170 Å². The zero-order valence-corrected chi connectivity index (χ0v) is 36.6. The maximum absolute atomic E-state index is 6.41. The SMILES string of the molecule is c1cc(-c2ccc(N(c3ccc(-c4ccc(-c5cccc(-n6c7ccccc7c7ccccc76)c5)cc4)cc3)c3ccc4c(c3)oc3ccccc34)cc2)cc(-c2ccc3ccccc3c2)c1. The first-order valence-electron chi connectivity index (χ1n) is 22.9. The second-order valence-corrected chi connectivity index (χ2v) is 17.3. The van der Waals surface area contributed by atoms with Crippen molar-refractivity contribution in [1.82, 2.24) is 4.57 Å². The Morgan fingerprint density at radius 2 is 0.731 bits per heavy atom. The topological polar surface area (TPSA) is 21.3 Å². The molecule has 13 rings (SSSR count). The summed E-state index contributed by atoms with van der Waals surface area (Å²) in [6.07, 6.45) is 0. The number of fused-ring (bicyclic) bond motifs is 7. The van der Waals surface area contributed by atoms with Gasteiger partial charge in [0.05, 0.1) is 11.0 Å². The lowest BCUT2D eigenvalue weighted by Gasteiger charge is -2.26. The van der Waals surface area contributed by atoms with E-state index in [-0.39, 0.29) is 0 Å². The van der Waals surface area contributed by atoms with E-state index in [9.17, 15) is 0 Å². The monoisotopic (exact) mass is 854 g/mol. The Morgan fingerprint density at radius 3 is 1.40 bits per heavy atom. The number of hydrogen-bond acceptors (Lipinski definition) is 2. The van der Waals surface area contributed by atoms with Crippen LogP contribution in [0.2, 0.25) is 0 Å². The number of para-hydroxylation sites is 3. The molecule has 0 aliphatic rings. The van der Waals surface area contributed by atoms with E-state index >= 15 is 0 Å². The van der Waals surface area contributed by atoms with Crippen LogP contribution in [0.1, 0.15) is 0 Å². The van der Waals surface area contributed by atoms with Crippen LogP contribution in [0, 0.1) is 0 Å². The van der Waals surface area contributed by atoms with Gasteiger partial charge in [0.1, 0.15) is 11.2 Å². The van der Waals surface area contributed by atoms with Crippen LogP contribution < -0.4 is 4.90 Å². The number of anilines is 3. The molecule has 0 fully saturated rings. The van der Waals surface area contributed by atoms with Crippen molar-refractivity contribution in [3.05, 3.63) is 255 Å². The Kier molecular flexibility index (Phi) is 9.17. The average Bonchev–Trinajstić information content (AvgIpc) is 3.95. The predicted octanol–water partition coefficient (Wildman–Crippen LogP) is 18.0. The summed E-state index contributed by atoms with van der Waals surface area (Å²) >= 11 is 0. The minimum atomic E-state index is 0.864. The van der Waals surface area contributed by atoms with Crippen LogP contribution in [0.15, 0.2) is 259 Å². The summed E-state index contributed by atoms with van der Waals surface area (Å²) in [6.45, 7) is 0. The van der Waals surface area contributed by atoms with Gasteiger partial charge in [-0.05, 0) is 134 Å². The molecule has 0 aliphatic heterocycles. The van der Waals surface area contributed by atoms with Crippen molar-refractivity contribution >= 4 is 71.6 Å². The lowest BCUT2D eigenvalue weighted by atomic mass is 9.97. The Bertz CT molecular complexity index is 3920. The number of hydrogen-bond donors (Lipinski definition) is 0. The van der Waals surface area contributed by atoms with Gasteiger partial charge in [0.25, 0.3) is 0 Å². The first kappa shape index (κ1) is 38.5. The molecule has 0 bridgehead atoms. The fourth-order valence-corrected chi connectivity index (χ4v) is 10.0. The summed E-state index contributed by atoms with van der Waals surface area (Å²) in [5.41, 5.74) is 17.9. The van der Waals surface area contributed by atoms with E-state index < -0.39 is 0 Å². The third kappa shape index (κ3) is 6.84. The van der Waals surface area contributed by atoms with Crippen LogP contribution >= 0.6 is 0 Å². The van der Waals surface area contributed by atoms with Crippen molar-refractivity contribution in [3.8, 4) is 50.2 Å². The molecule has 0 amide bonds. The van der Waals surface area contributed by atoms with E-state index in [1.54, 1.807) is 0 Å². The third-order valence-electron chi connectivity index (χ3n) is 13.4. The van der Waals surface area contributed by atoms with E-state index in [4.69, 9.17) is 4.42 Å². The summed E-state index contributed by atoms with van der Waals surface area (Å²) < 4.78 is 8.79. The van der Waals surface area contributed by atoms with E-state index in [2.05, 4.69) is 252 Å². The lowest BCUT2D eigenvalue weighted by Crippen LogP contribution is -2.09. The fraction of sp³-hybridized carbons (Fsp3) is 0. The molecule has 0 saturated heterocycles. The molecule has 0 atom stereocenters. The molecule has 2 aromatic heterocycles. The summed E-state index contributed by atoms with van der Waals surface area (Å²) in [4.78, 5) is 2.32. The van der Waals surface area contributed by atoms with Gasteiger partial charge >= 0.3 is 0 Å². The van der Waals surface area contributed by atoms with Crippen LogP contribution in [-0.4, -0.2) is 4.57 Å². The second kappa shape index (κ2) is 16.0. The third-order valence-corrected chi connectivity index (χ3v) is 13.4. The Balaban J connectivity index is 0.821. The molecule has 67 heavy (non-hydrogen) atoms. The van der Waals surface area contributed by atoms with Crippen LogP contribution in [0.5, 0.6) is 0 Å². The summed E-state index contributed by atoms with van der Waals surface area (Å²) in [7, 11) is 0. The largest absolute Gasteiger partial charge is 0.456 e. The normalized spacial score (nSPS) is 11.6. The molecule has 11 aromatic carbocycles. The number of rotatable bonds is 8. The van der Waals surface area contributed by atoms with Crippen molar-refractivity contribution in [2.24, 2.45) is 0 Å².